The van der Waals surface area contributed by atoms with Gasteiger partial charge in [0, 0.05) is 17.3 Å². The molecular formula is C10H11ClN2. The maximum absolute atomic E-state index is 5.97. The van der Waals surface area contributed by atoms with E-state index in [1.807, 2.05) is 20.0 Å². The molecule has 0 amide bonds. The maximum atomic E-state index is 5.97. The zero-order valence-corrected chi connectivity index (χ0v) is 8.66. The maximum Gasteiger partial charge on any atom is 0.153 e. The van der Waals surface area contributed by atoms with Crippen molar-refractivity contribution in [3.63, 3.8) is 0 Å². The third-order valence-electron chi connectivity index (χ3n) is 2.47. The number of halogens is 1. The van der Waals surface area contributed by atoms with Crippen LogP contribution in [-0.4, -0.2) is 9.97 Å². The number of aryl methyl sites for hydroxylation is 3. The quantitative estimate of drug-likeness (QED) is 0.642. The number of H-pyrrole nitrogens is 1. The number of rotatable bonds is 0. The molecule has 0 aliphatic rings. The van der Waals surface area contributed by atoms with Crippen LogP contribution in [0.3, 0.4) is 0 Å². The van der Waals surface area contributed by atoms with Gasteiger partial charge in [0.15, 0.2) is 5.15 Å². The lowest BCUT2D eigenvalue weighted by Crippen LogP contribution is -1.82. The van der Waals surface area contributed by atoms with Crippen LogP contribution in [0, 0.1) is 20.8 Å². The summed E-state index contributed by atoms with van der Waals surface area (Å²) in [5.41, 5.74) is 4.54. The monoisotopic (exact) mass is 194 g/mol. The summed E-state index contributed by atoms with van der Waals surface area (Å²) < 4.78 is 0. The van der Waals surface area contributed by atoms with E-state index >= 15 is 0 Å². The van der Waals surface area contributed by atoms with E-state index in [2.05, 4.69) is 16.9 Å². The van der Waals surface area contributed by atoms with Gasteiger partial charge in [0.05, 0.1) is 5.52 Å². The molecule has 0 aliphatic carbocycles. The summed E-state index contributed by atoms with van der Waals surface area (Å²) in [5, 5.41) is 1.76. The van der Waals surface area contributed by atoms with E-state index in [0.717, 1.165) is 11.2 Å². The first-order valence-corrected chi connectivity index (χ1v) is 4.59. The van der Waals surface area contributed by atoms with Crippen LogP contribution in [0.15, 0.2) is 6.20 Å². The summed E-state index contributed by atoms with van der Waals surface area (Å²) in [5.74, 6) is 0. The lowest BCUT2D eigenvalue weighted by molar-refractivity contribution is 1.24. The Labute approximate surface area is 81.9 Å². The standard InChI is InChI=1S/C10H11ClN2/c1-5-4-12-10(11)9-8(5)6(2)7(3)13-9/h4,13H,1-3H3. The van der Waals surface area contributed by atoms with Crippen molar-refractivity contribution in [1.29, 1.82) is 0 Å². The molecule has 2 nitrogen and oxygen atoms in total. The molecule has 68 valence electrons. The number of aromatic nitrogens is 2. The Morgan fingerprint density at radius 1 is 1.31 bits per heavy atom. The molecule has 0 saturated heterocycles. The second kappa shape index (κ2) is 2.74. The van der Waals surface area contributed by atoms with Crippen molar-refractivity contribution >= 4 is 22.5 Å². The number of hydrogen-bond acceptors (Lipinski definition) is 1. The number of fused-ring (bicyclic) bond motifs is 1. The molecule has 0 spiro atoms. The first-order chi connectivity index (χ1) is 6.11. The number of pyridine rings is 1. The third-order valence-corrected chi connectivity index (χ3v) is 2.76. The highest BCUT2D eigenvalue weighted by Crippen LogP contribution is 2.28. The van der Waals surface area contributed by atoms with Crippen molar-refractivity contribution in [3.8, 4) is 0 Å². The SMILES string of the molecule is Cc1[nH]c2c(Cl)ncc(C)c2c1C. The highest BCUT2D eigenvalue weighted by atomic mass is 35.5. The highest BCUT2D eigenvalue weighted by Gasteiger charge is 2.09. The van der Waals surface area contributed by atoms with Crippen LogP contribution in [0.25, 0.3) is 10.9 Å². The van der Waals surface area contributed by atoms with Crippen molar-refractivity contribution < 1.29 is 0 Å². The molecule has 0 radical (unpaired) electrons. The van der Waals surface area contributed by atoms with E-state index in [1.165, 1.54) is 16.5 Å². The van der Waals surface area contributed by atoms with E-state index in [1.54, 1.807) is 0 Å². The average molecular weight is 195 g/mol. The van der Waals surface area contributed by atoms with Gasteiger partial charge in [-0.2, -0.15) is 0 Å². The van der Waals surface area contributed by atoms with Gasteiger partial charge in [0.1, 0.15) is 0 Å². The number of nitrogens with one attached hydrogen (secondary N) is 1. The normalized spacial score (nSPS) is 11.1. The van der Waals surface area contributed by atoms with Gasteiger partial charge in [-0.05, 0) is 31.9 Å². The van der Waals surface area contributed by atoms with Gasteiger partial charge >= 0.3 is 0 Å². The largest absolute Gasteiger partial charge is 0.356 e. The lowest BCUT2D eigenvalue weighted by atomic mass is 10.1. The van der Waals surface area contributed by atoms with Crippen LogP contribution >= 0.6 is 11.6 Å². The minimum atomic E-state index is 0.553. The summed E-state index contributed by atoms with van der Waals surface area (Å²) in [4.78, 5) is 7.34. The van der Waals surface area contributed by atoms with Crippen LogP contribution in [0.4, 0.5) is 0 Å². The average Bonchev–Trinajstić information content (AvgIpc) is 2.38. The second-order valence-electron chi connectivity index (χ2n) is 3.36. The second-order valence-corrected chi connectivity index (χ2v) is 3.72. The van der Waals surface area contributed by atoms with Gasteiger partial charge in [0.2, 0.25) is 0 Å². The summed E-state index contributed by atoms with van der Waals surface area (Å²) in [6.45, 7) is 6.19. The summed E-state index contributed by atoms with van der Waals surface area (Å²) in [7, 11) is 0. The minimum absolute atomic E-state index is 0.553. The minimum Gasteiger partial charge on any atom is -0.356 e. The van der Waals surface area contributed by atoms with Crippen LogP contribution < -0.4 is 0 Å². The van der Waals surface area contributed by atoms with Gasteiger partial charge in [-0.3, -0.25) is 0 Å². The van der Waals surface area contributed by atoms with E-state index in [-0.39, 0.29) is 0 Å². The summed E-state index contributed by atoms with van der Waals surface area (Å²) >= 11 is 5.97. The Kier molecular flexibility index (Phi) is 1.81. The molecule has 0 atom stereocenters. The van der Waals surface area contributed by atoms with Crippen LogP contribution in [0.1, 0.15) is 16.8 Å². The molecule has 13 heavy (non-hydrogen) atoms. The smallest absolute Gasteiger partial charge is 0.153 e. The zero-order valence-electron chi connectivity index (χ0n) is 7.90. The van der Waals surface area contributed by atoms with Crippen molar-refractivity contribution in [2.45, 2.75) is 20.8 Å². The number of aromatic amines is 1. The number of nitrogens with zero attached hydrogens (tertiary/aromatic N) is 1. The fraction of sp³-hybridized carbons (Fsp3) is 0.300. The van der Waals surface area contributed by atoms with E-state index in [4.69, 9.17) is 11.6 Å². The van der Waals surface area contributed by atoms with Crippen molar-refractivity contribution in [2.75, 3.05) is 0 Å². The van der Waals surface area contributed by atoms with Gasteiger partial charge in [-0.25, -0.2) is 4.98 Å². The van der Waals surface area contributed by atoms with Gasteiger partial charge in [-0.15, -0.1) is 0 Å². The zero-order chi connectivity index (χ0) is 9.59. The first kappa shape index (κ1) is 8.57. The molecule has 2 heterocycles. The highest BCUT2D eigenvalue weighted by molar-refractivity contribution is 6.34. The van der Waals surface area contributed by atoms with Gasteiger partial charge in [0.25, 0.3) is 0 Å². The fourth-order valence-electron chi connectivity index (χ4n) is 1.65. The Balaban J connectivity index is 3.00. The Morgan fingerprint density at radius 3 is 2.62 bits per heavy atom. The molecular weight excluding hydrogens is 184 g/mol. The van der Waals surface area contributed by atoms with Crippen LogP contribution in [0.2, 0.25) is 5.15 Å². The van der Waals surface area contributed by atoms with Crippen molar-refractivity contribution in [3.05, 3.63) is 28.2 Å². The van der Waals surface area contributed by atoms with E-state index < -0.39 is 0 Å². The third kappa shape index (κ3) is 1.13. The fourth-order valence-corrected chi connectivity index (χ4v) is 1.84. The van der Waals surface area contributed by atoms with Gasteiger partial charge in [-0.1, -0.05) is 11.6 Å². The Hall–Kier alpha value is -1.02. The molecule has 0 aromatic carbocycles. The molecule has 0 unspecified atom stereocenters. The Bertz CT molecular complexity index is 471. The molecule has 2 rings (SSSR count). The van der Waals surface area contributed by atoms with Crippen LogP contribution in [-0.2, 0) is 0 Å². The van der Waals surface area contributed by atoms with E-state index in [9.17, 15) is 0 Å². The molecule has 2 aromatic heterocycles. The predicted octanol–water partition coefficient (Wildman–Crippen LogP) is 3.14. The molecule has 0 aliphatic heterocycles. The summed E-state index contributed by atoms with van der Waals surface area (Å²) in [6.07, 6.45) is 1.81. The predicted molar refractivity (Wildman–Crippen MR) is 55.3 cm³/mol. The van der Waals surface area contributed by atoms with Gasteiger partial charge < -0.3 is 4.98 Å². The van der Waals surface area contributed by atoms with E-state index in [0.29, 0.717) is 5.15 Å². The molecule has 0 saturated carbocycles. The number of hydrogen-bond donors (Lipinski definition) is 1. The molecule has 1 N–H and O–H groups in total. The first-order valence-electron chi connectivity index (χ1n) is 4.21. The summed E-state index contributed by atoms with van der Waals surface area (Å²) in [6, 6.07) is 0. The topological polar surface area (TPSA) is 28.7 Å². The molecule has 0 fully saturated rings. The van der Waals surface area contributed by atoms with Crippen LogP contribution in [0.5, 0.6) is 0 Å². The molecule has 2 aromatic rings. The van der Waals surface area contributed by atoms with Crippen molar-refractivity contribution in [1.82, 2.24) is 9.97 Å². The molecule has 3 heteroatoms. The Morgan fingerprint density at radius 2 is 2.00 bits per heavy atom. The lowest BCUT2D eigenvalue weighted by Gasteiger charge is -1.98. The van der Waals surface area contributed by atoms with Crippen molar-refractivity contribution in [2.24, 2.45) is 0 Å². The molecule has 0 bridgehead atoms.